The number of nitrogens with zero attached hydrogens (tertiary/aromatic N) is 1. The minimum Gasteiger partial charge on any atom is -0.454 e. The van der Waals surface area contributed by atoms with Gasteiger partial charge in [0.1, 0.15) is 0 Å². The number of nitrogens with one attached hydrogen (secondary N) is 1. The third kappa shape index (κ3) is 3.44. The van der Waals surface area contributed by atoms with Crippen molar-refractivity contribution in [2.24, 2.45) is 11.8 Å². The first-order valence-electron chi connectivity index (χ1n) is 11.6. The standard InChI is InChI=1S/C26H32N2O3/c1-3-26(18(2)14-27-25(29)19-8-6-9-19)16-28(22-12-5-4-11-21(22)26)15-20-10-7-13-23-24(20)31-17-30-23/h4-5,7,10-13,18-19H,3,6,8-9,14-17H2,1-2H3,(H,27,29). The van der Waals surface area contributed by atoms with Gasteiger partial charge in [0.2, 0.25) is 12.7 Å². The molecule has 1 amide bonds. The third-order valence-corrected chi connectivity index (χ3v) is 7.73. The Morgan fingerprint density at radius 2 is 2.03 bits per heavy atom. The van der Waals surface area contributed by atoms with Gasteiger partial charge in [0.15, 0.2) is 11.5 Å². The summed E-state index contributed by atoms with van der Waals surface area (Å²) >= 11 is 0. The highest BCUT2D eigenvalue weighted by atomic mass is 16.7. The summed E-state index contributed by atoms with van der Waals surface area (Å²) in [6.45, 7) is 7.31. The number of para-hydroxylation sites is 2. The van der Waals surface area contributed by atoms with E-state index in [-0.39, 0.29) is 17.2 Å². The average molecular weight is 421 g/mol. The molecule has 31 heavy (non-hydrogen) atoms. The first kappa shape index (κ1) is 20.2. The van der Waals surface area contributed by atoms with Gasteiger partial charge in [-0.15, -0.1) is 0 Å². The highest BCUT2D eigenvalue weighted by Gasteiger charge is 2.45. The summed E-state index contributed by atoms with van der Waals surface area (Å²) in [6, 6.07) is 14.9. The van der Waals surface area contributed by atoms with Gasteiger partial charge in [0, 0.05) is 42.2 Å². The van der Waals surface area contributed by atoms with Gasteiger partial charge in [0.25, 0.3) is 0 Å². The monoisotopic (exact) mass is 420 g/mol. The van der Waals surface area contributed by atoms with Crippen molar-refractivity contribution in [3.63, 3.8) is 0 Å². The number of benzene rings is 2. The van der Waals surface area contributed by atoms with Gasteiger partial charge in [-0.05, 0) is 42.9 Å². The number of hydrogen-bond donors (Lipinski definition) is 1. The predicted molar refractivity (Wildman–Crippen MR) is 122 cm³/mol. The van der Waals surface area contributed by atoms with E-state index < -0.39 is 0 Å². The topological polar surface area (TPSA) is 50.8 Å². The zero-order valence-corrected chi connectivity index (χ0v) is 18.5. The molecular formula is C26H32N2O3. The number of fused-ring (bicyclic) bond motifs is 2. The van der Waals surface area contributed by atoms with Gasteiger partial charge in [-0.25, -0.2) is 0 Å². The molecule has 1 fully saturated rings. The molecule has 2 aliphatic heterocycles. The fourth-order valence-corrected chi connectivity index (χ4v) is 5.48. The summed E-state index contributed by atoms with van der Waals surface area (Å²) in [5, 5.41) is 3.26. The molecule has 5 rings (SSSR count). The molecule has 0 radical (unpaired) electrons. The molecule has 2 unspecified atom stereocenters. The van der Waals surface area contributed by atoms with E-state index in [1.807, 2.05) is 12.1 Å². The Labute approximate surface area is 184 Å². The fraction of sp³-hybridized carbons (Fsp3) is 0.500. The van der Waals surface area contributed by atoms with Gasteiger partial charge in [0.05, 0.1) is 0 Å². The summed E-state index contributed by atoms with van der Waals surface area (Å²) in [6.07, 6.45) is 4.31. The zero-order chi connectivity index (χ0) is 21.4. The number of amides is 1. The van der Waals surface area contributed by atoms with Crippen LogP contribution in [0.15, 0.2) is 42.5 Å². The Bertz CT molecular complexity index is 971. The number of anilines is 1. The molecule has 2 aromatic rings. The van der Waals surface area contributed by atoms with Crippen LogP contribution in [-0.4, -0.2) is 25.8 Å². The Kier molecular flexibility index (Phi) is 5.28. The van der Waals surface area contributed by atoms with E-state index >= 15 is 0 Å². The molecule has 1 saturated carbocycles. The highest BCUT2D eigenvalue weighted by Crippen LogP contribution is 2.48. The second-order valence-corrected chi connectivity index (χ2v) is 9.31. The second kappa shape index (κ2) is 8.10. The van der Waals surface area contributed by atoms with Crippen molar-refractivity contribution in [1.82, 2.24) is 5.32 Å². The Morgan fingerprint density at radius 3 is 2.81 bits per heavy atom. The molecule has 0 bridgehead atoms. The number of carbonyl (C=O) groups is 1. The third-order valence-electron chi connectivity index (χ3n) is 7.73. The van der Waals surface area contributed by atoms with Crippen LogP contribution < -0.4 is 19.7 Å². The molecule has 1 aliphatic carbocycles. The van der Waals surface area contributed by atoms with Crippen molar-refractivity contribution >= 4 is 11.6 Å². The Balaban J connectivity index is 1.39. The lowest BCUT2D eigenvalue weighted by atomic mass is 9.70. The van der Waals surface area contributed by atoms with Crippen LogP contribution in [0.3, 0.4) is 0 Å². The number of rotatable bonds is 7. The highest BCUT2D eigenvalue weighted by molar-refractivity contribution is 5.79. The normalized spacial score (nSPS) is 22.7. The molecule has 164 valence electrons. The van der Waals surface area contributed by atoms with Crippen molar-refractivity contribution in [1.29, 1.82) is 0 Å². The van der Waals surface area contributed by atoms with Crippen LogP contribution in [0.4, 0.5) is 5.69 Å². The summed E-state index contributed by atoms with van der Waals surface area (Å²) in [7, 11) is 0. The molecule has 2 aromatic carbocycles. The molecule has 2 heterocycles. The average Bonchev–Trinajstić information content (AvgIpc) is 3.35. The first-order valence-corrected chi connectivity index (χ1v) is 11.6. The maximum Gasteiger partial charge on any atom is 0.231 e. The quantitative estimate of drug-likeness (QED) is 0.709. The van der Waals surface area contributed by atoms with Crippen LogP contribution in [0.25, 0.3) is 0 Å². The van der Waals surface area contributed by atoms with E-state index in [1.54, 1.807) is 0 Å². The molecule has 0 aromatic heterocycles. The molecule has 5 heteroatoms. The Hall–Kier alpha value is -2.69. The van der Waals surface area contributed by atoms with Crippen molar-refractivity contribution < 1.29 is 14.3 Å². The van der Waals surface area contributed by atoms with Crippen molar-refractivity contribution in [3.05, 3.63) is 53.6 Å². The summed E-state index contributed by atoms with van der Waals surface area (Å²) in [4.78, 5) is 14.9. The summed E-state index contributed by atoms with van der Waals surface area (Å²) < 4.78 is 11.3. The van der Waals surface area contributed by atoms with Gasteiger partial charge in [-0.3, -0.25) is 4.79 Å². The van der Waals surface area contributed by atoms with Crippen LogP contribution >= 0.6 is 0 Å². The van der Waals surface area contributed by atoms with E-state index in [1.165, 1.54) is 17.7 Å². The summed E-state index contributed by atoms with van der Waals surface area (Å²) in [5.74, 6) is 2.52. The Morgan fingerprint density at radius 1 is 1.19 bits per heavy atom. The van der Waals surface area contributed by atoms with Gasteiger partial charge >= 0.3 is 0 Å². The molecular weight excluding hydrogens is 388 g/mol. The lowest BCUT2D eigenvalue weighted by Gasteiger charge is -2.37. The predicted octanol–water partition coefficient (Wildman–Crippen LogP) is 4.64. The second-order valence-electron chi connectivity index (χ2n) is 9.31. The van der Waals surface area contributed by atoms with Gasteiger partial charge < -0.3 is 19.7 Å². The van der Waals surface area contributed by atoms with Crippen molar-refractivity contribution in [3.8, 4) is 11.5 Å². The SMILES string of the molecule is CCC1(C(C)CNC(=O)C2CCC2)CN(Cc2cccc3c2OCO3)c2ccccc21. The lowest BCUT2D eigenvalue weighted by Crippen LogP contribution is -2.45. The minimum atomic E-state index is 0.0127. The lowest BCUT2D eigenvalue weighted by molar-refractivity contribution is -0.127. The van der Waals surface area contributed by atoms with Crippen molar-refractivity contribution in [2.75, 3.05) is 24.8 Å². The minimum absolute atomic E-state index is 0.0127. The zero-order valence-electron chi connectivity index (χ0n) is 18.5. The molecule has 3 aliphatic rings. The number of hydrogen-bond acceptors (Lipinski definition) is 4. The van der Waals surface area contributed by atoms with Crippen LogP contribution in [0.2, 0.25) is 0 Å². The largest absolute Gasteiger partial charge is 0.454 e. The number of ether oxygens (including phenoxy) is 2. The van der Waals surface area contributed by atoms with E-state index in [0.717, 1.165) is 56.0 Å². The van der Waals surface area contributed by atoms with Gasteiger partial charge in [-0.1, -0.05) is 50.6 Å². The van der Waals surface area contributed by atoms with E-state index in [2.05, 4.69) is 54.4 Å². The van der Waals surface area contributed by atoms with Gasteiger partial charge in [-0.2, -0.15) is 0 Å². The molecule has 1 N–H and O–H groups in total. The molecule has 2 atom stereocenters. The van der Waals surface area contributed by atoms with Crippen LogP contribution in [0.5, 0.6) is 11.5 Å². The summed E-state index contributed by atoms with van der Waals surface area (Å²) in [5.41, 5.74) is 3.85. The number of carbonyl (C=O) groups excluding carboxylic acids is 1. The maximum atomic E-state index is 12.4. The molecule has 0 spiro atoms. The van der Waals surface area contributed by atoms with Crippen LogP contribution in [-0.2, 0) is 16.8 Å². The first-order chi connectivity index (χ1) is 15.1. The van der Waals surface area contributed by atoms with E-state index in [9.17, 15) is 4.79 Å². The molecule has 0 saturated heterocycles. The van der Waals surface area contributed by atoms with E-state index in [4.69, 9.17) is 9.47 Å². The maximum absolute atomic E-state index is 12.4. The van der Waals surface area contributed by atoms with E-state index in [0.29, 0.717) is 12.7 Å². The fourth-order valence-electron chi connectivity index (χ4n) is 5.48. The molecule has 5 nitrogen and oxygen atoms in total. The van der Waals surface area contributed by atoms with Crippen LogP contribution in [0, 0.1) is 11.8 Å². The van der Waals surface area contributed by atoms with Crippen molar-refractivity contribution in [2.45, 2.75) is 51.5 Å². The smallest absolute Gasteiger partial charge is 0.231 e. The van der Waals surface area contributed by atoms with Crippen LogP contribution in [0.1, 0.15) is 50.7 Å².